The van der Waals surface area contributed by atoms with Crippen LogP contribution >= 0.6 is 0 Å². The Hall–Kier alpha value is -8.60. The summed E-state index contributed by atoms with van der Waals surface area (Å²) < 4.78 is 0. The monoisotopic (exact) mass is 1340 g/mol. The number of carbonyl (C=O) groups is 16. The van der Waals surface area contributed by atoms with E-state index >= 15 is 0 Å². The first-order valence-corrected chi connectivity index (χ1v) is 31.6. The minimum absolute atomic E-state index is 0.0143. The summed E-state index contributed by atoms with van der Waals surface area (Å²) in [6.45, 7) is 15.2. The van der Waals surface area contributed by atoms with Crippen molar-refractivity contribution in [3.05, 3.63) is 0 Å². The predicted octanol–water partition coefficient (Wildman–Crippen LogP) is -5.69. The first-order valence-electron chi connectivity index (χ1n) is 31.6. The van der Waals surface area contributed by atoms with Crippen LogP contribution in [0.2, 0.25) is 0 Å². The molecule has 1 aliphatic heterocycles. The minimum atomic E-state index is -1.98. The van der Waals surface area contributed by atoms with E-state index in [9.17, 15) is 86.9 Å². The molecule has 14 amide bonds. The number of aliphatic hydroxyl groups is 1. The van der Waals surface area contributed by atoms with Crippen LogP contribution in [0.25, 0.3) is 0 Å². The average molecular weight is 1340 g/mol. The van der Waals surface area contributed by atoms with Crippen LogP contribution < -0.4 is 81.4 Å². The second kappa shape index (κ2) is 41.9. The Balaban J connectivity index is 3.46. The number of likely N-dealkylation sites (tertiary alicyclic amines) is 1. The Morgan fingerprint density at radius 2 is 0.926 bits per heavy atom. The molecular formula is C59H102N16O19. The topological polar surface area (TPSA) is 573 Å². The van der Waals surface area contributed by atoms with Gasteiger partial charge in [-0.1, -0.05) is 68.2 Å². The lowest BCUT2D eigenvalue weighted by Crippen LogP contribution is -2.61. The first-order chi connectivity index (χ1) is 44.0. The van der Waals surface area contributed by atoms with Crippen molar-refractivity contribution in [2.24, 2.45) is 46.6 Å². The summed E-state index contributed by atoms with van der Waals surface area (Å²) in [5.74, 6) is -17.9. The number of hydrogen-bond donors (Lipinski definition) is 18. The maximum atomic E-state index is 14.4. The number of nitrogens with two attached hydrogens (primary N) is 4. The quantitative estimate of drug-likeness (QED) is 0.0253. The molecule has 0 unspecified atom stereocenters. The van der Waals surface area contributed by atoms with E-state index in [1.165, 1.54) is 25.7 Å². The van der Waals surface area contributed by atoms with Crippen LogP contribution in [0, 0.1) is 23.7 Å². The predicted molar refractivity (Wildman–Crippen MR) is 336 cm³/mol. The van der Waals surface area contributed by atoms with E-state index in [2.05, 4.69) is 53.2 Å². The van der Waals surface area contributed by atoms with Gasteiger partial charge in [0.15, 0.2) is 0 Å². The number of carboxylic acids is 2. The molecule has 0 aromatic rings. The van der Waals surface area contributed by atoms with E-state index in [1.54, 1.807) is 48.5 Å². The summed E-state index contributed by atoms with van der Waals surface area (Å²) in [4.78, 5) is 213. The van der Waals surface area contributed by atoms with Crippen LogP contribution in [-0.4, -0.2) is 214 Å². The van der Waals surface area contributed by atoms with Gasteiger partial charge in [-0.05, 0) is 95.4 Å². The Bertz CT molecular complexity index is 2660. The van der Waals surface area contributed by atoms with E-state index in [4.69, 9.17) is 28.0 Å². The molecule has 1 aliphatic rings. The van der Waals surface area contributed by atoms with E-state index in [0.29, 0.717) is 25.7 Å². The molecule has 0 bridgehead atoms. The maximum Gasteiger partial charge on any atom is 0.326 e. The molecule has 22 N–H and O–H groups in total. The lowest BCUT2D eigenvalue weighted by molar-refractivity contribution is -0.147. The Morgan fingerprint density at radius 3 is 1.39 bits per heavy atom. The number of aliphatic carboxylic acids is 2. The Morgan fingerprint density at radius 1 is 0.479 bits per heavy atom. The molecule has 94 heavy (non-hydrogen) atoms. The summed E-state index contributed by atoms with van der Waals surface area (Å²) in [5, 5.41) is 55.9. The van der Waals surface area contributed by atoms with Gasteiger partial charge in [0.25, 0.3) is 0 Å². The van der Waals surface area contributed by atoms with Gasteiger partial charge in [0.05, 0.1) is 26.0 Å². The highest BCUT2D eigenvalue weighted by Crippen LogP contribution is 2.21. The van der Waals surface area contributed by atoms with E-state index in [-0.39, 0.29) is 63.6 Å². The smallest absolute Gasteiger partial charge is 0.326 e. The number of carboxylic acid groups (broad SMARTS) is 2. The number of rotatable bonds is 44. The van der Waals surface area contributed by atoms with Crippen molar-refractivity contribution in [3.8, 4) is 0 Å². The molecule has 1 fully saturated rings. The lowest BCUT2D eigenvalue weighted by atomic mass is 9.96. The van der Waals surface area contributed by atoms with E-state index < -0.39 is 211 Å². The first kappa shape index (κ1) is 83.4. The fraction of sp³-hybridized carbons (Fsp3) is 0.729. The normalized spacial score (nSPS) is 17.0. The number of nitrogens with zero attached hydrogens (tertiary/aromatic N) is 1. The van der Waals surface area contributed by atoms with Crippen LogP contribution in [0.1, 0.15) is 153 Å². The summed E-state index contributed by atoms with van der Waals surface area (Å²) in [6.07, 6.45) is -1.24. The molecule has 0 saturated carbocycles. The standard InChI is InChI=1S/C59H102N16O19/c1-11-30(7)46(73-48(82)32(9)64-44(79)26-61)57(91)72-40(27-76)54(88)69-36(22-28(3)4)51(85)65-33(10)58(92)75-21-15-17-41(75)55(89)67-34(16-13-14-20-60)49(83)68-37(23-29(5)6)52(86)66-35(18-19-42(62)77)50(84)74-47(31(8)12-2)56(90)70-38(24-43(63)78)53(87)71-39(59(93)94)25-45(80)81/h28-41,46-47,76H,11-27,60-61H2,1-10H3,(H2,62,77)(H2,63,78)(H,64,79)(H,65,85)(H,66,86)(H,67,89)(H,68,83)(H,69,88)(H,70,90)(H,71,87)(H,72,91)(H,73,82)(H,74,84)(H,80,81)(H,93,94)/t30-,31-,32-,33-,34-,35-,36-,37-,38-,39-,40-,41-,46-,47-/m0/s1. The summed E-state index contributed by atoms with van der Waals surface area (Å²) >= 11 is 0. The molecule has 0 aliphatic carbocycles. The minimum Gasteiger partial charge on any atom is -0.481 e. The van der Waals surface area contributed by atoms with Crippen molar-refractivity contribution in [1.82, 2.24) is 63.4 Å². The third-order valence-electron chi connectivity index (χ3n) is 15.5. The van der Waals surface area contributed by atoms with Crippen molar-refractivity contribution < 1.29 is 92.0 Å². The SMILES string of the molecule is CC[C@H](C)[C@H](NC(=O)[C@H](C)NC(=O)CN)C(=O)N[C@@H](CO)C(=O)N[C@@H](CC(C)C)C(=O)N[C@@H](C)C(=O)N1CCC[C@H]1C(=O)N[C@@H](CCCCN)C(=O)N[C@@H](CC(C)C)C(=O)N[C@@H](CCC(N)=O)C(=O)N[C@H](C(=O)N[C@@H](CC(N)=O)C(=O)N[C@@H](CC(=O)O)C(=O)O)[C@@H](C)CC. The molecule has 14 atom stereocenters. The molecule has 0 spiro atoms. The molecule has 1 saturated heterocycles. The second-order valence-electron chi connectivity index (χ2n) is 24.4. The zero-order valence-electron chi connectivity index (χ0n) is 55.4. The van der Waals surface area contributed by atoms with Gasteiger partial charge in [-0.15, -0.1) is 0 Å². The van der Waals surface area contributed by atoms with Gasteiger partial charge in [-0.3, -0.25) is 71.9 Å². The van der Waals surface area contributed by atoms with Gasteiger partial charge < -0.3 is 102 Å². The Kier molecular flexibility index (Phi) is 37.2. The van der Waals surface area contributed by atoms with E-state index in [1.807, 2.05) is 5.32 Å². The van der Waals surface area contributed by atoms with Crippen molar-refractivity contribution in [2.45, 2.75) is 225 Å². The zero-order chi connectivity index (χ0) is 71.9. The van der Waals surface area contributed by atoms with Gasteiger partial charge in [-0.25, -0.2) is 4.79 Å². The molecule has 0 aromatic heterocycles. The van der Waals surface area contributed by atoms with Gasteiger partial charge >= 0.3 is 11.9 Å². The average Bonchev–Trinajstić information content (AvgIpc) is 1.60. The summed E-state index contributed by atoms with van der Waals surface area (Å²) in [6, 6.07) is -17.5. The largest absolute Gasteiger partial charge is 0.481 e. The highest BCUT2D eigenvalue weighted by atomic mass is 16.4. The van der Waals surface area contributed by atoms with Gasteiger partial charge in [0.1, 0.15) is 72.5 Å². The number of aliphatic hydroxyl groups excluding tert-OH is 1. The summed E-state index contributed by atoms with van der Waals surface area (Å²) in [7, 11) is 0. The van der Waals surface area contributed by atoms with Crippen molar-refractivity contribution in [2.75, 3.05) is 26.2 Å². The second-order valence-corrected chi connectivity index (χ2v) is 24.4. The van der Waals surface area contributed by atoms with Crippen LogP contribution in [0.5, 0.6) is 0 Å². The lowest BCUT2D eigenvalue weighted by Gasteiger charge is -2.31. The number of carbonyl (C=O) groups excluding carboxylic acids is 14. The molecule has 35 heteroatoms. The molecule has 532 valence electrons. The number of unbranched alkanes of at least 4 members (excludes halogenated alkanes) is 1. The van der Waals surface area contributed by atoms with Crippen LogP contribution in [0.3, 0.4) is 0 Å². The van der Waals surface area contributed by atoms with Crippen LogP contribution in [0.15, 0.2) is 0 Å². The van der Waals surface area contributed by atoms with Crippen molar-refractivity contribution in [3.63, 3.8) is 0 Å². The number of primary amides is 2. The third-order valence-corrected chi connectivity index (χ3v) is 15.5. The fourth-order valence-corrected chi connectivity index (χ4v) is 9.81. The van der Waals surface area contributed by atoms with Gasteiger partial charge in [-0.2, -0.15) is 0 Å². The van der Waals surface area contributed by atoms with E-state index in [0.717, 1.165) is 0 Å². The molecule has 1 heterocycles. The zero-order valence-corrected chi connectivity index (χ0v) is 55.4. The van der Waals surface area contributed by atoms with Gasteiger partial charge in [0.2, 0.25) is 82.7 Å². The number of amides is 14. The molecule has 0 aromatic carbocycles. The third kappa shape index (κ3) is 29.1. The number of hydrogen-bond acceptors (Lipinski definition) is 19. The molecule has 1 rings (SSSR count). The van der Waals surface area contributed by atoms with Crippen LogP contribution in [-0.2, 0) is 76.7 Å². The van der Waals surface area contributed by atoms with Crippen molar-refractivity contribution >= 4 is 94.6 Å². The van der Waals surface area contributed by atoms with Crippen molar-refractivity contribution in [1.29, 1.82) is 0 Å². The highest BCUT2D eigenvalue weighted by molar-refractivity contribution is 6.00. The highest BCUT2D eigenvalue weighted by Gasteiger charge is 2.41. The molecular weight excluding hydrogens is 1240 g/mol. The summed E-state index contributed by atoms with van der Waals surface area (Å²) in [5.41, 5.74) is 21.9. The molecule has 35 nitrogen and oxygen atoms in total. The number of nitrogens with one attached hydrogen (secondary N) is 11. The van der Waals surface area contributed by atoms with Gasteiger partial charge in [0, 0.05) is 13.0 Å². The molecule has 0 radical (unpaired) electrons. The van der Waals surface area contributed by atoms with Crippen LogP contribution in [0.4, 0.5) is 0 Å². The maximum absolute atomic E-state index is 14.4. The fourth-order valence-electron chi connectivity index (χ4n) is 9.81. The Labute approximate surface area is 546 Å².